The van der Waals surface area contributed by atoms with E-state index in [9.17, 15) is 9.18 Å². The van der Waals surface area contributed by atoms with E-state index >= 15 is 0 Å². The van der Waals surface area contributed by atoms with Gasteiger partial charge in [0.05, 0.1) is 35.5 Å². The largest absolute Gasteiger partial charge is 0.378 e. The van der Waals surface area contributed by atoms with E-state index in [-0.39, 0.29) is 11.7 Å². The van der Waals surface area contributed by atoms with Gasteiger partial charge in [0.1, 0.15) is 11.9 Å². The lowest BCUT2D eigenvalue weighted by molar-refractivity contribution is -0.124. The van der Waals surface area contributed by atoms with Gasteiger partial charge < -0.3 is 19.7 Å². The van der Waals surface area contributed by atoms with Gasteiger partial charge in [0.15, 0.2) is 5.82 Å². The van der Waals surface area contributed by atoms with Crippen molar-refractivity contribution in [3.63, 3.8) is 0 Å². The normalized spacial score (nSPS) is 19.4. The molecule has 5 rings (SSSR count). The Labute approximate surface area is 173 Å². The van der Waals surface area contributed by atoms with Crippen LogP contribution in [0, 0.1) is 5.82 Å². The average Bonchev–Trinajstić information content (AvgIpc) is 3.43. The average molecular weight is 410 g/mol. The second-order valence-electron chi connectivity index (χ2n) is 7.50. The Morgan fingerprint density at radius 3 is 2.73 bits per heavy atom. The molecule has 0 aliphatic carbocycles. The van der Waals surface area contributed by atoms with E-state index in [1.54, 1.807) is 16.8 Å². The molecule has 8 heteroatoms. The minimum Gasteiger partial charge on any atom is -0.378 e. The summed E-state index contributed by atoms with van der Waals surface area (Å²) < 4.78 is 26.6. The van der Waals surface area contributed by atoms with Crippen molar-refractivity contribution in [1.82, 2.24) is 9.78 Å². The molecule has 1 N–H and O–H groups in total. The zero-order valence-corrected chi connectivity index (χ0v) is 16.5. The van der Waals surface area contributed by atoms with Gasteiger partial charge in [-0.05, 0) is 43.2 Å². The first-order valence-corrected chi connectivity index (χ1v) is 10.2. The lowest BCUT2D eigenvalue weighted by atomic mass is 10.1. The number of benzene rings is 2. The van der Waals surface area contributed by atoms with Crippen molar-refractivity contribution in [2.24, 2.45) is 0 Å². The zero-order valence-electron chi connectivity index (χ0n) is 16.5. The second-order valence-corrected chi connectivity index (χ2v) is 7.50. The monoisotopic (exact) mass is 410 g/mol. The first kappa shape index (κ1) is 19.0. The molecule has 0 saturated carbocycles. The van der Waals surface area contributed by atoms with Gasteiger partial charge in [-0.1, -0.05) is 12.1 Å². The van der Waals surface area contributed by atoms with Crippen LogP contribution in [0.1, 0.15) is 12.8 Å². The summed E-state index contributed by atoms with van der Waals surface area (Å²) in [6, 6.07) is 12.2. The van der Waals surface area contributed by atoms with Crippen LogP contribution in [0.15, 0.2) is 42.5 Å². The van der Waals surface area contributed by atoms with Gasteiger partial charge in [-0.2, -0.15) is 0 Å². The molecule has 3 aromatic rings. The third kappa shape index (κ3) is 3.53. The fraction of sp³-hybridized carbons (Fsp3) is 0.364. The summed E-state index contributed by atoms with van der Waals surface area (Å²) >= 11 is 0. The van der Waals surface area contributed by atoms with Gasteiger partial charge in [-0.25, -0.2) is 9.07 Å². The lowest BCUT2D eigenvalue weighted by Gasteiger charge is -2.29. The molecule has 0 spiro atoms. The van der Waals surface area contributed by atoms with Gasteiger partial charge in [-0.3, -0.25) is 4.79 Å². The van der Waals surface area contributed by atoms with Crippen LogP contribution >= 0.6 is 0 Å². The fourth-order valence-corrected chi connectivity index (χ4v) is 4.09. The molecule has 2 aromatic carbocycles. The van der Waals surface area contributed by atoms with Crippen LogP contribution in [0.4, 0.5) is 15.9 Å². The van der Waals surface area contributed by atoms with Crippen LogP contribution in [0.2, 0.25) is 0 Å². The predicted molar refractivity (Wildman–Crippen MR) is 112 cm³/mol. The van der Waals surface area contributed by atoms with Gasteiger partial charge in [-0.15, -0.1) is 5.10 Å². The van der Waals surface area contributed by atoms with Crippen molar-refractivity contribution < 1.29 is 18.7 Å². The van der Waals surface area contributed by atoms with Gasteiger partial charge in [0.2, 0.25) is 0 Å². The number of rotatable bonds is 4. The van der Waals surface area contributed by atoms with Crippen LogP contribution in [0.25, 0.3) is 16.6 Å². The molecular weight excluding hydrogens is 387 g/mol. The molecule has 2 aliphatic heterocycles. The molecule has 1 atom stereocenters. The van der Waals surface area contributed by atoms with E-state index in [0.29, 0.717) is 37.7 Å². The van der Waals surface area contributed by atoms with Crippen molar-refractivity contribution in [3.8, 4) is 5.69 Å². The van der Waals surface area contributed by atoms with Gasteiger partial charge >= 0.3 is 0 Å². The standard InChI is InChI=1S/C22H23FN4O3/c23-15-4-1-5-16(14-15)27-18-7-2-6-17(26-9-12-29-13-10-26)20(18)21(25-27)24-22(28)19-8-3-11-30-19/h1-2,4-7,14,19H,3,8-13H2,(H,24,25,28). The molecule has 1 unspecified atom stereocenters. The Kier molecular flexibility index (Phi) is 5.10. The molecule has 2 aliphatic rings. The highest BCUT2D eigenvalue weighted by Gasteiger charge is 2.27. The van der Waals surface area contributed by atoms with E-state index in [0.717, 1.165) is 36.1 Å². The Morgan fingerprint density at radius 1 is 1.13 bits per heavy atom. The molecule has 156 valence electrons. The topological polar surface area (TPSA) is 68.6 Å². The quantitative estimate of drug-likeness (QED) is 0.716. The molecule has 2 saturated heterocycles. The number of fused-ring (bicyclic) bond motifs is 1. The lowest BCUT2D eigenvalue weighted by Crippen LogP contribution is -2.36. The smallest absolute Gasteiger partial charge is 0.254 e. The first-order chi connectivity index (χ1) is 14.7. The van der Waals surface area contributed by atoms with Crippen molar-refractivity contribution >= 4 is 28.3 Å². The molecule has 1 aromatic heterocycles. The number of amides is 1. The molecule has 1 amide bonds. The molecule has 30 heavy (non-hydrogen) atoms. The van der Waals surface area contributed by atoms with Crippen molar-refractivity contribution in [2.75, 3.05) is 43.1 Å². The number of nitrogens with one attached hydrogen (secondary N) is 1. The minimum atomic E-state index is -0.463. The molecular formula is C22H23FN4O3. The fourth-order valence-electron chi connectivity index (χ4n) is 4.09. The Hall–Kier alpha value is -2.97. The summed E-state index contributed by atoms with van der Waals surface area (Å²) in [4.78, 5) is 15.0. The summed E-state index contributed by atoms with van der Waals surface area (Å²) in [6.07, 6.45) is 1.11. The minimum absolute atomic E-state index is 0.199. The third-order valence-electron chi connectivity index (χ3n) is 5.55. The predicted octanol–water partition coefficient (Wildman–Crippen LogP) is 3.12. The number of aromatic nitrogens is 2. The van der Waals surface area contributed by atoms with E-state index < -0.39 is 6.10 Å². The number of carbonyl (C=O) groups excluding carboxylic acids is 1. The molecule has 3 heterocycles. The van der Waals surface area contributed by atoms with E-state index in [4.69, 9.17) is 9.47 Å². The number of carbonyl (C=O) groups is 1. The molecule has 0 radical (unpaired) electrons. The number of morpholine rings is 1. The van der Waals surface area contributed by atoms with E-state index in [2.05, 4.69) is 15.3 Å². The van der Waals surface area contributed by atoms with Crippen LogP contribution in [0.3, 0.4) is 0 Å². The van der Waals surface area contributed by atoms with E-state index in [1.165, 1.54) is 12.1 Å². The van der Waals surface area contributed by atoms with Crippen LogP contribution in [-0.4, -0.2) is 54.7 Å². The number of hydrogen-bond donors (Lipinski definition) is 1. The summed E-state index contributed by atoms with van der Waals surface area (Å²) in [6.45, 7) is 3.39. The maximum atomic E-state index is 13.9. The maximum absolute atomic E-state index is 13.9. The Balaban J connectivity index is 1.63. The Morgan fingerprint density at radius 2 is 1.97 bits per heavy atom. The second kappa shape index (κ2) is 8.04. The SMILES string of the molecule is O=C(Nc1nn(-c2cccc(F)c2)c2cccc(N3CCOCC3)c12)C1CCCO1. The van der Waals surface area contributed by atoms with Crippen LogP contribution in [-0.2, 0) is 14.3 Å². The van der Waals surface area contributed by atoms with Crippen molar-refractivity contribution in [2.45, 2.75) is 18.9 Å². The zero-order chi connectivity index (χ0) is 20.5. The number of halogens is 1. The summed E-state index contributed by atoms with van der Waals surface area (Å²) in [5.41, 5.74) is 2.37. The maximum Gasteiger partial charge on any atom is 0.254 e. The van der Waals surface area contributed by atoms with Crippen molar-refractivity contribution in [3.05, 3.63) is 48.3 Å². The van der Waals surface area contributed by atoms with E-state index in [1.807, 2.05) is 18.2 Å². The number of hydrogen-bond acceptors (Lipinski definition) is 5. The summed E-state index contributed by atoms with van der Waals surface area (Å²) in [5.74, 6) is -0.0858. The number of ether oxygens (including phenoxy) is 2. The number of anilines is 2. The highest BCUT2D eigenvalue weighted by molar-refractivity contribution is 6.07. The summed E-state index contributed by atoms with van der Waals surface area (Å²) in [7, 11) is 0. The number of nitrogens with zero attached hydrogens (tertiary/aromatic N) is 3. The molecule has 2 fully saturated rings. The molecule has 7 nitrogen and oxygen atoms in total. The Bertz CT molecular complexity index is 1070. The van der Waals surface area contributed by atoms with Crippen LogP contribution < -0.4 is 10.2 Å². The molecule has 0 bridgehead atoms. The van der Waals surface area contributed by atoms with Gasteiger partial charge in [0.25, 0.3) is 5.91 Å². The van der Waals surface area contributed by atoms with Gasteiger partial charge in [0, 0.05) is 19.7 Å². The van der Waals surface area contributed by atoms with Crippen LogP contribution in [0.5, 0.6) is 0 Å². The summed E-state index contributed by atoms with van der Waals surface area (Å²) in [5, 5.41) is 8.46. The van der Waals surface area contributed by atoms with Crippen molar-refractivity contribution in [1.29, 1.82) is 0 Å². The third-order valence-corrected chi connectivity index (χ3v) is 5.55. The first-order valence-electron chi connectivity index (χ1n) is 10.2. The highest BCUT2D eigenvalue weighted by Crippen LogP contribution is 2.35. The highest BCUT2D eigenvalue weighted by atomic mass is 19.1.